The number of aromatic nitrogens is 3. The molecular weight excluding hydrogens is 276 g/mol. The largest absolute Gasteiger partial charge is 0.352 e. The van der Waals surface area contributed by atoms with Crippen molar-refractivity contribution >= 4 is 11.4 Å². The Balaban J connectivity index is 2.06. The summed E-state index contributed by atoms with van der Waals surface area (Å²) < 4.78 is 3.77. The van der Waals surface area contributed by atoms with Gasteiger partial charge in [-0.05, 0) is 30.2 Å². The number of aryl methyl sites for hydroxylation is 1. The van der Waals surface area contributed by atoms with E-state index >= 15 is 0 Å². The van der Waals surface area contributed by atoms with E-state index in [9.17, 15) is 4.79 Å². The summed E-state index contributed by atoms with van der Waals surface area (Å²) in [6.45, 7) is 4.83. The lowest BCUT2D eigenvalue weighted by molar-refractivity contribution is 0.0951. The molecule has 0 atom stereocenters. The maximum atomic E-state index is 12.5. The topological polar surface area (TPSA) is 51.3 Å². The zero-order valence-corrected chi connectivity index (χ0v) is 13.1. The number of fused-ring (bicyclic) bond motifs is 1. The maximum Gasteiger partial charge on any atom is 0.253 e. The molecule has 1 N–H and O–H groups in total. The maximum absolute atomic E-state index is 12.5. The van der Waals surface area contributed by atoms with Crippen LogP contribution in [0.2, 0.25) is 0 Å². The molecule has 0 aliphatic rings. The second-order valence-corrected chi connectivity index (χ2v) is 5.88. The number of carbonyl (C=O) groups excluding carboxylic acids is 1. The zero-order valence-electron chi connectivity index (χ0n) is 13.1. The number of rotatable bonds is 4. The zero-order chi connectivity index (χ0) is 15.7. The molecule has 1 amide bonds. The van der Waals surface area contributed by atoms with E-state index in [4.69, 9.17) is 0 Å². The van der Waals surface area contributed by atoms with Crippen LogP contribution >= 0.6 is 0 Å². The molecule has 0 aliphatic carbocycles. The van der Waals surface area contributed by atoms with Crippen molar-refractivity contribution in [1.82, 2.24) is 19.5 Å². The third-order valence-corrected chi connectivity index (χ3v) is 3.57. The molecule has 0 saturated heterocycles. The van der Waals surface area contributed by atoms with Crippen molar-refractivity contribution in [2.75, 3.05) is 6.54 Å². The van der Waals surface area contributed by atoms with Gasteiger partial charge in [0.15, 0.2) is 0 Å². The SMILES string of the molecule is CC(C)CNC(=O)c1cc(-c2ccn(C)n2)n2ccccc12. The first-order chi connectivity index (χ1) is 10.6. The van der Waals surface area contributed by atoms with Crippen molar-refractivity contribution in [1.29, 1.82) is 0 Å². The molecule has 0 spiro atoms. The third-order valence-electron chi connectivity index (χ3n) is 3.57. The predicted octanol–water partition coefficient (Wildman–Crippen LogP) is 2.73. The lowest BCUT2D eigenvalue weighted by Gasteiger charge is -2.06. The van der Waals surface area contributed by atoms with Crippen LogP contribution in [0.4, 0.5) is 0 Å². The van der Waals surface area contributed by atoms with E-state index in [1.54, 1.807) is 4.68 Å². The van der Waals surface area contributed by atoms with Gasteiger partial charge in [-0.1, -0.05) is 19.9 Å². The van der Waals surface area contributed by atoms with Gasteiger partial charge in [-0.2, -0.15) is 5.10 Å². The first kappa shape index (κ1) is 14.4. The predicted molar refractivity (Wildman–Crippen MR) is 86.8 cm³/mol. The van der Waals surface area contributed by atoms with Crippen molar-refractivity contribution in [2.45, 2.75) is 13.8 Å². The standard InChI is InChI=1S/C17H20N4O/c1-12(2)11-18-17(22)13-10-16(14-7-9-20(3)19-14)21-8-5-4-6-15(13)21/h4-10,12H,11H2,1-3H3,(H,18,22). The number of carbonyl (C=O) groups is 1. The first-order valence-corrected chi connectivity index (χ1v) is 7.44. The minimum atomic E-state index is -0.0421. The van der Waals surface area contributed by atoms with E-state index in [2.05, 4.69) is 24.3 Å². The van der Waals surface area contributed by atoms with Crippen LogP contribution in [-0.4, -0.2) is 26.6 Å². The van der Waals surface area contributed by atoms with Gasteiger partial charge in [0.25, 0.3) is 5.91 Å². The van der Waals surface area contributed by atoms with Crippen molar-refractivity contribution < 1.29 is 4.79 Å². The van der Waals surface area contributed by atoms with Crippen LogP contribution in [-0.2, 0) is 7.05 Å². The van der Waals surface area contributed by atoms with Crippen LogP contribution in [0.25, 0.3) is 16.9 Å². The van der Waals surface area contributed by atoms with Crippen molar-refractivity contribution in [3.63, 3.8) is 0 Å². The molecule has 114 valence electrons. The number of nitrogens with zero attached hydrogens (tertiary/aromatic N) is 3. The quantitative estimate of drug-likeness (QED) is 0.805. The third kappa shape index (κ3) is 2.62. The molecule has 0 unspecified atom stereocenters. The summed E-state index contributed by atoms with van der Waals surface area (Å²) >= 11 is 0. The van der Waals surface area contributed by atoms with Crippen LogP contribution < -0.4 is 5.32 Å². The number of nitrogens with one attached hydrogen (secondary N) is 1. The molecule has 5 nitrogen and oxygen atoms in total. The van der Waals surface area contributed by atoms with Crippen molar-refractivity contribution in [3.8, 4) is 11.4 Å². The van der Waals surface area contributed by atoms with Gasteiger partial charge in [0.05, 0.1) is 16.8 Å². The summed E-state index contributed by atoms with van der Waals surface area (Å²) in [5, 5.41) is 7.42. The highest BCUT2D eigenvalue weighted by Gasteiger charge is 2.17. The van der Waals surface area contributed by atoms with Gasteiger partial charge in [-0.15, -0.1) is 0 Å². The summed E-state index contributed by atoms with van der Waals surface area (Å²) in [6.07, 6.45) is 3.86. The number of amides is 1. The van der Waals surface area contributed by atoms with Gasteiger partial charge in [0.1, 0.15) is 5.69 Å². The Kier molecular flexibility index (Phi) is 3.71. The Bertz CT molecular complexity index is 813. The summed E-state index contributed by atoms with van der Waals surface area (Å²) in [5.41, 5.74) is 3.35. The van der Waals surface area contributed by atoms with Crippen LogP contribution in [0.3, 0.4) is 0 Å². The number of hydrogen-bond acceptors (Lipinski definition) is 2. The van der Waals surface area contributed by atoms with E-state index in [1.165, 1.54) is 0 Å². The molecular formula is C17H20N4O. The highest BCUT2D eigenvalue weighted by Crippen LogP contribution is 2.25. The molecule has 5 heteroatoms. The van der Waals surface area contributed by atoms with Crippen LogP contribution in [0.1, 0.15) is 24.2 Å². The normalized spacial score (nSPS) is 11.3. The van der Waals surface area contributed by atoms with Crippen LogP contribution in [0, 0.1) is 5.92 Å². The lowest BCUT2D eigenvalue weighted by Crippen LogP contribution is -2.27. The lowest BCUT2D eigenvalue weighted by atomic mass is 10.2. The van der Waals surface area contributed by atoms with E-state index in [0.717, 1.165) is 16.9 Å². The second kappa shape index (κ2) is 5.67. The minimum absolute atomic E-state index is 0.0421. The summed E-state index contributed by atoms with van der Waals surface area (Å²) in [4.78, 5) is 12.5. The Morgan fingerprint density at radius 1 is 1.27 bits per heavy atom. The highest BCUT2D eigenvalue weighted by molar-refractivity contribution is 6.02. The van der Waals surface area contributed by atoms with Crippen LogP contribution in [0.15, 0.2) is 42.7 Å². The Morgan fingerprint density at radius 2 is 2.09 bits per heavy atom. The highest BCUT2D eigenvalue weighted by atomic mass is 16.1. The van der Waals surface area contributed by atoms with Gasteiger partial charge in [0.2, 0.25) is 0 Å². The molecule has 0 saturated carbocycles. The van der Waals surface area contributed by atoms with Crippen molar-refractivity contribution in [3.05, 3.63) is 48.3 Å². The number of pyridine rings is 1. The molecule has 3 aromatic heterocycles. The summed E-state index contributed by atoms with van der Waals surface area (Å²) in [6, 6.07) is 9.71. The van der Waals surface area contributed by atoms with Gasteiger partial charge in [-0.3, -0.25) is 9.48 Å². The van der Waals surface area contributed by atoms with Gasteiger partial charge in [-0.25, -0.2) is 0 Å². The van der Waals surface area contributed by atoms with Gasteiger partial charge < -0.3 is 9.72 Å². The van der Waals surface area contributed by atoms with E-state index in [1.807, 2.05) is 54.2 Å². The van der Waals surface area contributed by atoms with E-state index in [-0.39, 0.29) is 5.91 Å². The summed E-state index contributed by atoms with van der Waals surface area (Å²) in [7, 11) is 1.88. The monoisotopic (exact) mass is 296 g/mol. The van der Waals surface area contributed by atoms with Crippen LogP contribution in [0.5, 0.6) is 0 Å². The fourth-order valence-electron chi connectivity index (χ4n) is 2.48. The number of hydrogen-bond donors (Lipinski definition) is 1. The molecule has 3 rings (SSSR count). The fraction of sp³-hybridized carbons (Fsp3) is 0.294. The summed E-state index contributed by atoms with van der Waals surface area (Å²) in [5.74, 6) is 0.382. The fourth-order valence-corrected chi connectivity index (χ4v) is 2.48. The van der Waals surface area contributed by atoms with Gasteiger partial charge in [0, 0.05) is 26.0 Å². The molecule has 0 fully saturated rings. The molecule has 0 aliphatic heterocycles. The Morgan fingerprint density at radius 3 is 2.77 bits per heavy atom. The average Bonchev–Trinajstić information content (AvgIpc) is 3.08. The average molecular weight is 296 g/mol. The Labute approximate surface area is 129 Å². The molecule has 0 bridgehead atoms. The van der Waals surface area contributed by atoms with E-state index < -0.39 is 0 Å². The molecule has 0 aromatic carbocycles. The molecule has 3 heterocycles. The molecule has 3 aromatic rings. The minimum Gasteiger partial charge on any atom is -0.352 e. The molecule has 0 radical (unpaired) electrons. The Hall–Kier alpha value is -2.56. The second-order valence-electron chi connectivity index (χ2n) is 5.88. The molecule has 22 heavy (non-hydrogen) atoms. The van der Waals surface area contributed by atoms with Gasteiger partial charge >= 0.3 is 0 Å². The van der Waals surface area contributed by atoms with Crippen molar-refractivity contribution in [2.24, 2.45) is 13.0 Å². The van der Waals surface area contributed by atoms with E-state index in [0.29, 0.717) is 18.0 Å². The smallest absolute Gasteiger partial charge is 0.253 e. The first-order valence-electron chi connectivity index (χ1n) is 7.44.